The molecule has 1 aromatic carbocycles. The molecular weight excluding hydrogens is 200 g/mol. The molecule has 2 nitrogen and oxygen atoms in total. The molecule has 0 unspecified atom stereocenters. The van der Waals surface area contributed by atoms with Gasteiger partial charge in [-0.1, -0.05) is 36.8 Å². The molecule has 1 saturated carbocycles. The van der Waals surface area contributed by atoms with E-state index in [0.29, 0.717) is 5.92 Å². The minimum absolute atomic E-state index is 0.0931. The van der Waals surface area contributed by atoms with Crippen molar-refractivity contribution in [1.29, 1.82) is 0 Å². The van der Waals surface area contributed by atoms with E-state index in [-0.39, 0.29) is 18.3 Å². The Hall–Kier alpha value is -0.860. The molecule has 1 saturated heterocycles. The van der Waals surface area contributed by atoms with Gasteiger partial charge in [-0.3, -0.25) is 0 Å². The zero-order chi connectivity index (χ0) is 11.0. The fourth-order valence-electron chi connectivity index (χ4n) is 3.11. The number of hydrogen-bond acceptors (Lipinski definition) is 2. The van der Waals surface area contributed by atoms with Crippen molar-refractivity contribution in [1.82, 2.24) is 0 Å². The Kier molecular flexibility index (Phi) is 2.70. The van der Waals surface area contributed by atoms with Gasteiger partial charge in [0.1, 0.15) is 0 Å². The lowest BCUT2D eigenvalue weighted by atomic mass is 9.88. The smallest absolute Gasteiger partial charge is 0.0853 e. The Labute approximate surface area is 96.2 Å². The molecule has 2 heteroatoms. The third-order valence-electron chi connectivity index (χ3n) is 3.96. The largest absolute Gasteiger partial charge is 0.393 e. The zero-order valence-electron chi connectivity index (χ0n) is 9.38. The second-order valence-corrected chi connectivity index (χ2v) is 4.97. The number of ether oxygens (including phenoxy) is 1. The average Bonchev–Trinajstić information content (AvgIpc) is 2.79. The van der Waals surface area contributed by atoms with Crippen LogP contribution in [0.3, 0.4) is 0 Å². The Balaban J connectivity index is 1.79. The van der Waals surface area contributed by atoms with Crippen molar-refractivity contribution >= 4 is 0 Å². The lowest BCUT2D eigenvalue weighted by Crippen LogP contribution is -2.37. The number of aliphatic hydroxyl groups excluding tert-OH is 1. The summed E-state index contributed by atoms with van der Waals surface area (Å²) in [6, 6.07) is 10.3. The van der Waals surface area contributed by atoms with E-state index in [0.717, 1.165) is 19.3 Å². The zero-order valence-corrected chi connectivity index (χ0v) is 9.38. The SMILES string of the molecule is O[C@H]1C[C@@H](c2ccccc2)O[C@H]2CCC[C@@H]21. The first-order valence-electron chi connectivity index (χ1n) is 6.23. The monoisotopic (exact) mass is 218 g/mol. The lowest BCUT2D eigenvalue weighted by molar-refractivity contribution is -0.125. The van der Waals surface area contributed by atoms with Crippen LogP contribution in [0.5, 0.6) is 0 Å². The minimum atomic E-state index is -0.175. The number of rotatable bonds is 1. The van der Waals surface area contributed by atoms with E-state index < -0.39 is 0 Å². The summed E-state index contributed by atoms with van der Waals surface area (Å²) in [6.07, 6.45) is 4.41. The Morgan fingerprint density at radius 3 is 2.75 bits per heavy atom. The fraction of sp³-hybridized carbons (Fsp3) is 0.571. The van der Waals surface area contributed by atoms with Gasteiger partial charge in [0, 0.05) is 12.3 Å². The standard InChI is InChI=1S/C14H18O2/c15-12-9-14(10-5-2-1-3-6-10)16-13-8-4-7-11(12)13/h1-3,5-6,11-15H,4,7-9H2/t11-,12+,13+,14+/m1/s1. The van der Waals surface area contributed by atoms with Crippen LogP contribution in [-0.4, -0.2) is 17.3 Å². The van der Waals surface area contributed by atoms with Crippen LogP contribution < -0.4 is 0 Å². The van der Waals surface area contributed by atoms with Crippen molar-refractivity contribution in [3.05, 3.63) is 35.9 Å². The van der Waals surface area contributed by atoms with Gasteiger partial charge in [-0.25, -0.2) is 0 Å². The molecule has 2 aliphatic rings. The van der Waals surface area contributed by atoms with Crippen LogP contribution in [0, 0.1) is 5.92 Å². The molecule has 2 fully saturated rings. The lowest BCUT2D eigenvalue weighted by Gasteiger charge is -2.36. The summed E-state index contributed by atoms with van der Waals surface area (Å²) in [5, 5.41) is 10.1. The van der Waals surface area contributed by atoms with Crippen LogP contribution >= 0.6 is 0 Å². The molecule has 0 bridgehead atoms. The van der Waals surface area contributed by atoms with E-state index in [1.807, 2.05) is 18.2 Å². The van der Waals surface area contributed by atoms with Crippen molar-refractivity contribution in [3.8, 4) is 0 Å². The van der Waals surface area contributed by atoms with Crippen LogP contribution in [0.25, 0.3) is 0 Å². The van der Waals surface area contributed by atoms with Gasteiger partial charge in [-0.15, -0.1) is 0 Å². The van der Waals surface area contributed by atoms with E-state index in [1.165, 1.54) is 12.0 Å². The first-order chi connectivity index (χ1) is 7.84. The van der Waals surface area contributed by atoms with E-state index in [2.05, 4.69) is 12.1 Å². The molecule has 86 valence electrons. The molecule has 0 spiro atoms. The van der Waals surface area contributed by atoms with Gasteiger partial charge < -0.3 is 9.84 Å². The van der Waals surface area contributed by atoms with Gasteiger partial charge in [-0.05, 0) is 18.4 Å². The second-order valence-electron chi connectivity index (χ2n) is 4.97. The molecule has 1 aromatic rings. The molecule has 0 amide bonds. The normalized spacial score (nSPS) is 38.3. The summed E-state index contributed by atoms with van der Waals surface area (Å²) in [4.78, 5) is 0. The Morgan fingerprint density at radius 1 is 1.12 bits per heavy atom. The minimum Gasteiger partial charge on any atom is -0.393 e. The first-order valence-corrected chi connectivity index (χ1v) is 6.23. The van der Waals surface area contributed by atoms with Gasteiger partial charge in [0.25, 0.3) is 0 Å². The number of aliphatic hydroxyl groups is 1. The second kappa shape index (κ2) is 4.19. The van der Waals surface area contributed by atoms with Crippen molar-refractivity contribution < 1.29 is 9.84 Å². The van der Waals surface area contributed by atoms with Crippen LogP contribution in [0.1, 0.15) is 37.4 Å². The van der Waals surface area contributed by atoms with E-state index >= 15 is 0 Å². The van der Waals surface area contributed by atoms with Crippen LogP contribution in [-0.2, 0) is 4.74 Å². The maximum absolute atomic E-state index is 10.1. The molecule has 3 rings (SSSR count). The summed E-state index contributed by atoms with van der Waals surface area (Å²) in [7, 11) is 0. The highest BCUT2D eigenvalue weighted by atomic mass is 16.5. The number of benzene rings is 1. The summed E-state index contributed by atoms with van der Waals surface area (Å²) in [6.45, 7) is 0. The molecule has 4 atom stereocenters. The summed E-state index contributed by atoms with van der Waals surface area (Å²) in [5.41, 5.74) is 1.20. The highest BCUT2D eigenvalue weighted by Gasteiger charge is 2.40. The molecule has 1 N–H and O–H groups in total. The molecule has 16 heavy (non-hydrogen) atoms. The molecule has 1 heterocycles. The van der Waals surface area contributed by atoms with Gasteiger partial charge >= 0.3 is 0 Å². The number of fused-ring (bicyclic) bond motifs is 1. The van der Waals surface area contributed by atoms with Crippen molar-refractivity contribution in [3.63, 3.8) is 0 Å². The van der Waals surface area contributed by atoms with Gasteiger partial charge in [0.15, 0.2) is 0 Å². The van der Waals surface area contributed by atoms with E-state index in [4.69, 9.17) is 4.74 Å². The average molecular weight is 218 g/mol. The van der Waals surface area contributed by atoms with Gasteiger partial charge in [-0.2, -0.15) is 0 Å². The molecular formula is C14H18O2. The molecule has 1 aliphatic heterocycles. The highest BCUT2D eigenvalue weighted by Crippen LogP contribution is 2.42. The molecule has 0 radical (unpaired) electrons. The van der Waals surface area contributed by atoms with Crippen LogP contribution in [0.15, 0.2) is 30.3 Å². The van der Waals surface area contributed by atoms with Crippen LogP contribution in [0.2, 0.25) is 0 Å². The fourth-order valence-corrected chi connectivity index (χ4v) is 3.11. The first kappa shape index (κ1) is 10.3. The number of hydrogen-bond donors (Lipinski definition) is 1. The quantitative estimate of drug-likeness (QED) is 0.785. The van der Waals surface area contributed by atoms with Gasteiger partial charge in [0.05, 0.1) is 18.3 Å². The van der Waals surface area contributed by atoms with E-state index in [1.54, 1.807) is 0 Å². The molecule has 1 aliphatic carbocycles. The maximum atomic E-state index is 10.1. The highest BCUT2D eigenvalue weighted by molar-refractivity contribution is 5.18. The van der Waals surface area contributed by atoms with Crippen molar-refractivity contribution in [2.75, 3.05) is 0 Å². The van der Waals surface area contributed by atoms with Crippen molar-refractivity contribution in [2.45, 2.75) is 44.0 Å². The third-order valence-corrected chi connectivity index (χ3v) is 3.96. The van der Waals surface area contributed by atoms with Crippen molar-refractivity contribution in [2.24, 2.45) is 5.92 Å². The Bertz CT molecular complexity index is 349. The van der Waals surface area contributed by atoms with E-state index in [9.17, 15) is 5.11 Å². The predicted molar refractivity (Wildman–Crippen MR) is 62.0 cm³/mol. The molecule has 0 aromatic heterocycles. The third kappa shape index (κ3) is 1.76. The summed E-state index contributed by atoms with van der Waals surface area (Å²) >= 11 is 0. The Morgan fingerprint density at radius 2 is 1.94 bits per heavy atom. The topological polar surface area (TPSA) is 29.5 Å². The predicted octanol–water partition coefficient (Wildman–Crippen LogP) is 2.68. The van der Waals surface area contributed by atoms with Crippen LogP contribution in [0.4, 0.5) is 0 Å². The maximum Gasteiger partial charge on any atom is 0.0853 e. The summed E-state index contributed by atoms with van der Waals surface area (Å²) < 4.78 is 6.11. The summed E-state index contributed by atoms with van der Waals surface area (Å²) in [5.74, 6) is 0.389. The van der Waals surface area contributed by atoms with Gasteiger partial charge in [0.2, 0.25) is 0 Å².